The average molecular weight is 455 g/mol. The monoisotopic (exact) mass is 454 g/mol. The average Bonchev–Trinajstić information content (AvgIpc) is 3.25. The van der Waals surface area contributed by atoms with Crippen LogP contribution < -0.4 is 15.7 Å². The number of halogens is 2. The molecule has 1 aromatic heterocycles. The maximum Gasteiger partial charge on any atom is 0.348 e. The minimum absolute atomic E-state index is 0. The van der Waals surface area contributed by atoms with Gasteiger partial charge < -0.3 is 15.0 Å². The van der Waals surface area contributed by atoms with Crippen molar-refractivity contribution < 1.29 is 9.53 Å². The van der Waals surface area contributed by atoms with E-state index < -0.39 is 0 Å². The molecule has 0 unspecified atom stereocenters. The first-order valence-corrected chi connectivity index (χ1v) is 9.67. The van der Waals surface area contributed by atoms with Gasteiger partial charge in [-0.15, -0.1) is 24.8 Å². The minimum Gasteiger partial charge on any atom is -0.497 e. The number of hydrogen-bond donors (Lipinski definition) is 1. The number of methoxy groups -OCH3 is 1. The molecular formula is C21H28Cl2N4O3. The van der Waals surface area contributed by atoms with Crippen LogP contribution in [0.15, 0.2) is 35.1 Å². The van der Waals surface area contributed by atoms with Crippen LogP contribution in [0.2, 0.25) is 0 Å². The van der Waals surface area contributed by atoms with Crippen molar-refractivity contribution in [1.82, 2.24) is 19.8 Å². The van der Waals surface area contributed by atoms with Gasteiger partial charge in [-0.25, -0.2) is 4.79 Å². The molecule has 3 heterocycles. The van der Waals surface area contributed by atoms with Gasteiger partial charge in [-0.3, -0.25) is 9.36 Å². The van der Waals surface area contributed by atoms with Crippen LogP contribution in [0.3, 0.4) is 0 Å². The standard InChI is InChI=1S/C21H26N4O3.2ClH/c1-13-8-14(2)24(21(27)23-13)12-19(26)25-11-16-9-22-10-18(16)20(25)15-4-6-17(28-3)7-5-15;;/h4-8,16,18,20,22H,9-12H2,1-3H3;2*1H/t16-,18-,20-;;/m0../s1. The van der Waals surface area contributed by atoms with Gasteiger partial charge >= 0.3 is 5.69 Å². The number of nitrogens with one attached hydrogen (secondary N) is 1. The SMILES string of the molecule is COc1ccc([C@H]2[C@H]3CNC[C@H]3CN2C(=O)Cn2c(C)cc(C)nc2=O)cc1.Cl.Cl. The summed E-state index contributed by atoms with van der Waals surface area (Å²) < 4.78 is 6.73. The molecule has 7 nitrogen and oxygen atoms in total. The van der Waals surface area contributed by atoms with Crippen molar-refractivity contribution >= 4 is 30.7 Å². The summed E-state index contributed by atoms with van der Waals surface area (Å²) in [6.07, 6.45) is 0. The fourth-order valence-electron chi connectivity index (χ4n) is 4.60. The number of amides is 1. The topological polar surface area (TPSA) is 76.5 Å². The molecule has 0 bridgehead atoms. The van der Waals surface area contributed by atoms with Gasteiger partial charge in [0.05, 0.1) is 13.2 Å². The van der Waals surface area contributed by atoms with Crippen LogP contribution in [-0.4, -0.2) is 47.1 Å². The maximum absolute atomic E-state index is 13.2. The lowest BCUT2D eigenvalue weighted by molar-refractivity contribution is -0.133. The number of carbonyl (C=O) groups excluding carboxylic acids is 1. The summed E-state index contributed by atoms with van der Waals surface area (Å²) in [4.78, 5) is 31.5. The number of carbonyl (C=O) groups is 1. The van der Waals surface area contributed by atoms with Crippen molar-refractivity contribution in [3.05, 3.63) is 57.8 Å². The van der Waals surface area contributed by atoms with Crippen molar-refractivity contribution in [2.45, 2.75) is 26.4 Å². The predicted octanol–water partition coefficient (Wildman–Crippen LogP) is 2.13. The molecule has 30 heavy (non-hydrogen) atoms. The van der Waals surface area contributed by atoms with E-state index in [4.69, 9.17) is 4.74 Å². The number of nitrogens with zero attached hydrogens (tertiary/aromatic N) is 3. The molecule has 0 spiro atoms. The summed E-state index contributed by atoms with van der Waals surface area (Å²) in [6.45, 7) is 6.18. The molecule has 1 amide bonds. The summed E-state index contributed by atoms with van der Waals surface area (Å²) in [6, 6.07) is 9.79. The zero-order chi connectivity index (χ0) is 19.8. The van der Waals surface area contributed by atoms with Crippen LogP contribution in [0, 0.1) is 25.7 Å². The predicted molar refractivity (Wildman–Crippen MR) is 120 cm³/mol. The Kier molecular flexibility index (Phi) is 7.91. The Labute approximate surface area is 188 Å². The molecule has 0 radical (unpaired) electrons. The fourth-order valence-corrected chi connectivity index (χ4v) is 4.60. The second-order valence-electron chi connectivity index (χ2n) is 7.75. The molecular weight excluding hydrogens is 427 g/mol. The Morgan fingerprint density at radius 2 is 1.90 bits per heavy atom. The first-order valence-electron chi connectivity index (χ1n) is 9.67. The van der Waals surface area contributed by atoms with Gasteiger partial charge in [-0.2, -0.15) is 4.98 Å². The van der Waals surface area contributed by atoms with E-state index >= 15 is 0 Å². The normalized spacial score (nSPS) is 22.1. The largest absolute Gasteiger partial charge is 0.497 e. The quantitative estimate of drug-likeness (QED) is 0.765. The molecule has 4 rings (SSSR count). The molecule has 2 saturated heterocycles. The van der Waals surface area contributed by atoms with Gasteiger partial charge in [0.2, 0.25) is 5.91 Å². The van der Waals surface area contributed by atoms with E-state index in [1.807, 2.05) is 42.2 Å². The lowest BCUT2D eigenvalue weighted by Gasteiger charge is -2.29. The lowest BCUT2D eigenvalue weighted by Crippen LogP contribution is -2.39. The van der Waals surface area contributed by atoms with E-state index in [-0.39, 0.29) is 49.0 Å². The van der Waals surface area contributed by atoms with Crippen LogP contribution in [0.4, 0.5) is 0 Å². The Morgan fingerprint density at radius 1 is 1.20 bits per heavy atom. The van der Waals surface area contributed by atoms with Crippen LogP contribution in [0.25, 0.3) is 0 Å². The Morgan fingerprint density at radius 3 is 2.53 bits per heavy atom. The van der Waals surface area contributed by atoms with E-state index in [0.717, 1.165) is 30.1 Å². The van der Waals surface area contributed by atoms with Crippen molar-refractivity contribution in [2.75, 3.05) is 26.7 Å². The summed E-state index contributed by atoms with van der Waals surface area (Å²) >= 11 is 0. The zero-order valence-corrected chi connectivity index (χ0v) is 19.0. The number of hydrogen-bond acceptors (Lipinski definition) is 5. The first kappa shape index (κ1) is 24.2. The summed E-state index contributed by atoms with van der Waals surface area (Å²) in [5.74, 6) is 1.58. The number of aromatic nitrogens is 2. The molecule has 2 aliphatic rings. The van der Waals surface area contributed by atoms with Crippen molar-refractivity contribution in [1.29, 1.82) is 0 Å². The third-order valence-corrected chi connectivity index (χ3v) is 5.98. The van der Waals surface area contributed by atoms with Gasteiger partial charge in [0.15, 0.2) is 0 Å². The molecule has 164 valence electrons. The van der Waals surface area contributed by atoms with Crippen molar-refractivity contribution in [3.63, 3.8) is 0 Å². The molecule has 0 saturated carbocycles. The maximum atomic E-state index is 13.2. The third kappa shape index (κ3) is 4.48. The Bertz CT molecular complexity index is 948. The number of likely N-dealkylation sites (tertiary alicyclic amines) is 1. The van der Waals surface area contributed by atoms with E-state index in [2.05, 4.69) is 10.3 Å². The lowest BCUT2D eigenvalue weighted by atomic mass is 9.89. The molecule has 1 aromatic carbocycles. The van der Waals surface area contributed by atoms with Gasteiger partial charge in [0.1, 0.15) is 12.3 Å². The Hall–Kier alpha value is -2.09. The second-order valence-corrected chi connectivity index (χ2v) is 7.75. The number of benzene rings is 1. The van der Waals surface area contributed by atoms with E-state index in [0.29, 0.717) is 24.1 Å². The minimum atomic E-state index is -0.368. The highest BCUT2D eigenvalue weighted by atomic mass is 35.5. The summed E-state index contributed by atoms with van der Waals surface area (Å²) in [5.41, 5.74) is 2.17. The highest BCUT2D eigenvalue weighted by Crippen LogP contribution is 2.43. The zero-order valence-electron chi connectivity index (χ0n) is 17.3. The third-order valence-electron chi connectivity index (χ3n) is 5.98. The molecule has 0 aliphatic carbocycles. The van der Waals surface area contributed by atoms with Crippen molar-refractivity contribution in [2.24, 2.45) is 11.8 Å². The van der Waals surface area contributed by atoms with E-state index in [1.54, 1.807) is 14.0 Å². The van der Waals surface area contributed by atoms with E-state index in [1.165, 1.54) is 4.57 Å². The first-order chi connectivity index (χ1) is 13.5. The van der Waals surface area contributed by atoms with Gasteiger partial charge in [0, 0.05) is 36.9 Å². The van der Waals surface area contributed by atoms with Crippen LogP contribution >= 0.6 is 24.8 Å². The highest BCUT2D eigenvalue weighted by molar-refractivity contribution is 5.85. The Balaban J connectivity index is 0.00000160. The number of fused-ring (bicyclic) bond motifs is 1. The van der Waals surface area contributed by atoms with Crippen LogP contribution in [0.5, 0.6) is 5.75 Å². The molecule has 3 atom stereocenters. The van der Waals surface area contributed by atoms with Gasteiger partial charge in [-0.05, 0) is 43.5 Å². The number of rotatable bonds is 4. The van der Waals surface area contributed by atoms with Gasteiger partial charge in [-0.1, -0.05) is 12.1 Å². The van der Waals surface area contributed by atoms with Crippen LogP contribution in [0.1, 0.15) is 23.0 Å². The molecule has 2 aliphatic heterocycles. The number of ether oxygens (including phenoxy) is 1. The summed E-state index contributed by atoms with van der Waals surface area (Å²) in [5, 5.41) is 3.45. The fraction of sp³-hybridized carbons (Fsp3) is 0.476. The van der Waals surface area contributed by atoms with Gasteiger partial charge in [0.25, 0.3) is 0 Å². The van der Waals surface area contributed by atoms with E-state index in [9.17, 15) is 9.59 Å². The van der Waals surface area contributed by atoms with Crippen LogP contribution in [-0.2, 0) is 11.3 Å². The van der Waals surface area contributed by atoms with Crippen molar-refractivity contribution in [3.8, 4) is 5.75 Å². The second kappa shape index (κ2) is 9.81. The number of aryl methyl sites for hydroxylation is 2. The molecule has 9 heteroatoms. The molecule has 2 fully saturated rings. The smallest absolute Gasteiger partial charge is 0.348 e. The molecule has 2 aromatic rings. The highest BCUT2D eigenvalue weighted by Gasteiger charge is 2.46. The molecule has 1 N–H and O–H groups in total. The summed E-state index contributed by atoms with van der Waals surface area (Å²) in [7, 11) is 1.65.